The van der Waals surface area contributed by atoms with Crippen molar-refractivity contribution < 1.29 is 64.3 Å². The maximum absolute atomic E-state index is 12.5. The first-order valence-corrected chi connectivity index (χ1v) is 4.40. The van der Waals surface area contributed by atoms with E-state index in [4.69, 9.17) is 12.2 Å². The Kier molecular flexibility index (Phi) is 6.33. The monoisotopic (exact) mass is 251 g/mol. The molecule has 0 heterocycles. The summed E-state index contributed by atoms with van der Waals surface area (Å²) in [5, 5.41) is 0. The standard InChI is InChI=1S/C10H10BF3N.K/c1-3-8-4-10(11(12,13)14)5-9(6-15)7(8)2;/h1,4-5H,6,15H2,2H3;/q-1;+1. The van der Waals surface area contributed by atoms with Gasteiger partial charge in [0.2, 0.25) is 0 Å². The Morgan fingerprint density at radius 3 is 2.31 bits per heavy atom. The molecule has 1 aromatic carbocycles. The Morgan fingerprint density at radius 1 is 1.38 bits per heavy atom. The molecule has 6 heteroatoms. The molecular weight excluding hydrogens is 241 g/mol. The van der Waals surface area contributed by atoms with Gasteiger partial charge >= 0.3 is 58.4 Å². The van der Waals surface area contributed by atoms with E-state index in [1.165, 1.54) is 0 Å². The van der Waals surface area contributed by atoms with Crippen LogP contribution in [-0.4, -0.2) is 6.98 Å². The van der Waals surface area contributed by atoms with Gasteiger partial charge < -0.3 is 18.7 Å². The van der Waals surface area contributed by atoms with Crippen LogP contribution in [0.1, 0.15) is 16.7 Å². The molecule has 0 aliphatic rings. The SMILES string of the molecule is C#Cc1cc([B-](F)(F)F)cc(CN)c1C.[K+]. The summed E-state index contributed by atoms with van der Waals surface area (Å²) in [5.74, 6) is 2.24. The van der Waals surface area contributed by atoms with Crippen molar-refractivity contribution >= 4 is 12.4 Å². The van der Waals surface area contributed by atoms with Gasteiger partial charge in [0.1, 0.15) is 0 Å². The molecule has 80 valence electrons. The van der Waals surface area contributed by atoms with Crippen molar-refractivity contribution in [2.75, 3.05) is 0 Å². The molecule has 0 saturated heterocycles. The van der Waals surface area contributed by atoms with Crippen LogP contribution in [0.5, 0.6) is 0 Å². The van der Waals surface area contributed by atoms with Gasteiger partial charge in [-0.2, -0.15) is 0 Å². The molecule has 0 unspecified atom stereocenters. The summed E-state index contributed by atoms with van der Waals surface area (Å²) in [6, 6.07) is 2.06. The summed E-state index contributed by atoms with van der Waals surface area (Å²) in [6.45, 7) is -3.30. The molecule has 1 aromatic rings. The smallest absolute Gasteiger partial charge is 0.445 e. The van der Waals surface area contributed by atoms with E-state index >= 15 is 0 Å². The van der Waals surface area contributed by atoms with Crippen LogP contribution in [0.15, 0.2) is 12.1 Å². The Labute approximate surface area is 135 Å². The number of terminal acetylenes is 1. The number of halogens is 3. The molecule has 0 fully saturated rings. The summed E-state index contributed by atoms with van der Waals surface area (Å²) >= 11 is 0. The van der Waals surface area contributed by atoms with E-state index in [1.807, 2.05) is 0 Å². The third kappa shape index (κ3) is 3.62. The average Bonchev–Trinajstić information content (AvgIpc) is 2.16. The first kappa shape index (κ1) is 16.2. The molecule has 0 aliphatic heterocycles. The van der Waals surface area contributed by atoms with Gasteiger partial charge in [0.25, 0.3) is 0 Å². The summed E-state index contributed by atoms with van der Waals surface area (Å²) in [5.41, 5.74) is 6.01. The average molecular weight is 251 g/mol. The molecule has 0 atom stereocenters. The van der Waals surface area contributed by atoms with Crippen LogP contribution < -0.4 is 62.6 Å². The van der Waals surface area contributed by atoms with Gasteiger partial charge in [0.05, 0.1) is 0 Å². The van der Waals surface area contributed by atoms with Crippen LogP contribution in [0.3, 0.4) is 0 Å². The van der Waals surface area contributed by atoms with Gasteiger partial charge in [0, 0.05) is 12.1 Å². The summed E-state index contributed by atoms with van der Waals surface area (Å²) in [4.78, 5) is 0. The van der Waals surface area contributed by atoms with E-state index in [0.29, 0.717) is 11.1 Å². The molecule has 16 heavy (non-hydrogen) atoms. The number of hydrogen-bond donors (Lipinski definition) is 1. The fourth-order valence-corrected chi connectivity index (χ4v) is 1.35. The second-order valence-corrected chi connectivity index (χ2v) is 3.28. The van der Waals surface area contributed by atoms with Gasteiger partial charge in [-0.3, -0.25) is 0 Å². The third-order valence-electron chi connectivity index (χ3n) is 2.29. The van der Waals surface area contributed by atoms with Crippen LogP contribution >= 0.6 is 0 Å². The fourth-order valence-electron chi connectivity index (χ4n) is 1.35. The Balaban J connectivity index is 0.00000225. The molecule has 0 amide bonds. The zero-order valence-electron chi connectivity index (χ0n) is 9.23. The van der Waals surface area contributed by atoms with Crippen LogP contribution in [0.4, 0.5) is 12.9 Å². The van der Waals surface area contributed by atoms with Crippen LogP contribution in [0.2, 0.25) is 0 Å². The Morgan fingerprint density at radius 2 is 1.94 bits per heavy atom. The maximum Gasteiger partial charge on any atom is 1.00 e. The molecule has 2 N–H and O–H groups in total. The van der Waals surface area contributed by atoms with E-state index < -0.39 is 12.4 Å². The minimum absolute atomic E-state index is 0. The van der Waals surface area contributed by atoms with Gasteiger partial charge in [-0.05, 0) is 18.1 Å². The van der Waals surface area contributed by atoms with Crippen molar-refractivity contribution in [1.29, 1.82) is 0 Å². The predicted molar refractivity (Wildman–Crippen MR) is 55.7 cm³/mol. The maximum atomic E-state index is 12.5. The molecule has 0 bridgehead atoms. The van der Waals surface area contributed by atoms with Gasteiger partial charge in [0.15, 0.2) is 0 Å². The number of rotatable bonds is 2. The molecule has 0 radical (unpaired) electrons. The zero-order chi connectivity index (χ0) is 11.6. The van der Waals surface area contributed by atoms with E-state index in [0.717, 1.165) is 12.1 Å². The van der Waals surface area contributed by atoms with Crippen molar-refractivity contribution in [3.63, 3.8) is 0 Å². The van der Waals surface area contributed by atoms with Crippen molar-refractivity contribution in [2.45, 2.75) is 13.5 Å². The largest absolute Gasteiger partial charge is 1.00 e. The zero-order valence-corrected chi connectivity index (χ0v) is 12.4. The summed E-state index contributed by atoms with van der Waals surface area (Å²) in [7, 11) is 0. The molecule has 0 aliphatic carbocycles. The number of benzene rings is 1. The summed E-state index contributed by atoms with van der Waals surface area (Å²) < 4.78 is 37.5. The Bertz CT molecular complexity index is 423. The Hall–Kier alpha value is 0.231. The van der Waals surface area contributed by atoms with Crippen molar-refractivity contribution in [3.05, 3.63) is 28.8 Å². The molecular formula is C10H10BF3KN. The topological polar surface area (TPSA) is 26.0 Å². The third-order valence-corrected chi connectivity index (χ3v) is 2.29. The van der Waals surface area contributed by atoms with E-state index in [9.17, 15) is 12.9 Å². The molecule has 1 nitrogen and oxygen atoms in total. The van der Waals surface area contributed by atoms with Crippen molar-refractivity contribution in [3.8, 4) is 12.3 Å². The molecule has 0 saturated carbocycles. The van der Waals surface area contributed by atoms with E-state index in [-0.39, 0.29) is 63.5 Å². The number of hydrogen-bond acceptors (Lipinski definition) is 1. The second kappa shape index (κ2) is 6.24. The first-order valence-electron chi connectivity index (χ1n) is 4.40. The van der Waals surface area contributed by atoms with Gasteiger partial charge in [-0.1, -0.05) is 18.1 Å². The van der Waals surface area contributed by atoms with Gasteiger partial charge in [-0.25, -0.2) is 0 Å². The van der Waals surface area contributed by atoms with Crippen molar-refractivity contribution in [1.82, 2.24) is 0 Å². The van der Waals surface area contributed by atoms with Crippen LogP contribution in [0.25, 0.3) is 0 Å². The fraction of sp³-hybridized carbons (Fsp3) is 0.200. The quantitative estimate of drug-likeness (QED) is 0.502. The van der Waals surface area contributed by atoms with Crippen molar-refractivity contribution in [2.24, 2.45) is 5.73 Å². The first-order chi connectivity index (χ1) is 6.90. The minimum atomic E-state index is -5.02. The molecule has 1 rings (SSSR count). The van der Waals surface area contributed by atoms with Crippen LogP contribution in [-0.2, 0) is 6.54 Å². The predicted octanol–water partition coefficient (Wildman–Crippen LogP) is -1.51. The minimum Gasteiger partial charge on any atom is -0.445 e. The summed E-state index contributed by atoms with van der Waals surface area (Å²) in [6.07, 6.45) is 5.14. The van der Waals surface area contributed by atoms with E-state index in [2.05, 4.69) is 5.92 Å². The second-order valence-electron chi connectivity index (χ2n) is 3.28. The molecule has 0 aromatic heterocycles. The number of nitrogens with two attached hydrogens (primary N) is 1. The van der Waals surface area contributed by atoms with Gasteiger partial charge in [-0.15, -0.1) is 11.9 Å². The van der Waals surface area contributed by atoms with E-state index in [1.54, 1.807) is 6.92 Å². The van der Waals surface area contributed by atoms with Crippen LogP contribution in [0, 0.1) is 19.3 Å². The molecule has 0 spiro atoms. The normalized spacial score (nSPS) is 10.5.